The van der Waals surface area contributed by atoms with Gasteiger partial charge in [-0.3, -0.25) is 9.98 Å². The molecule has 0 spiro atoms. The van der Waals surface area contributed by atoms with Crippen LogP contribution >= 0.6 is 25.3 Å². The van der Waals surface area contributed by atoms with Gasteiger partial charge in [-0.2, -0.15) is 0 Å². The van der Waals surface area contributed by atoms with E-state index < -0.39 is 0 Å². The fraction of sp³-hybridized carbons (Fsp3) is 0.222. The van der Waals surface area contributed by atoms with Gasteiger partial charge < -0.3 is 0 Å². The summed E-state index contributed by atoms with van der Waals surface area (Å²) in [5.41, 5.74) is 5.99. The standard InChI is InChI=1S/C18H20N2S2/c1-11(2)19-15-7-5-13(9-17(15)21)14-6-8-16(18(22)10-14)20-12(3)4/h5-10,21-22H,1-4H3. The molecule has 114 valence electrons. The van der Waals surface area contributed by atoms with E-state index in [0.29, 0.717) is 0 Å². The van der Waals surface area contributed by atoms with Gasteiger partial charge >= 0.3 is 0 Å². The minimum absolute atomic E-state index is 0.867. The summed E-state index contributed by atoms with van der Waals surface area (Å²) in [7, 11) is 0. The third-order valence-electron chi connectivity index (χ3n) is 2.97. The van der Waals surface area contributed by atoms with Gasteiger partial charge in [-0.15, -0.1) is 25.3 Å². The molecule has 0 aliphatic carbocycles. The van der Waals surface area contributed by atoms with E-state index in [-0.39, 0.29) is 0 Å². The normalized spacial score (nSPS) is 10.3. The molecule has 0 saturated carbocycles. The zero-order valence-electron chi connectivity index (χ0n) is 13.3. The molecular weight excluding hydrogens is 308 g/mol. The quantitative estimate of drug-likeness (QED) is 0.498. The van der Waals surface area contributed by atoms with Gasteiger partial charge in [-0.05, 0) is 63.1 Å². The molecule has 0 atom stereocenters. The van der Waals surface area contributed by atoms with Crippen molar-refractivity contribution in [3.05, 3.63) is 36.4 Å². The summed E-state index contributed by atoms with van der Waals surface area (Å²) in [6.45, 7) is 7.90. The van der Waals surface area contributed by atoms with Crippen molar-refractivity contribution < 1.29 is 0 Å². The van der Waals surface area contributed by atoms with Crippen molar-refractivity contribution in [2.75, 3.05) is 0 Å². The van der Waals surface area contributed by atoms with Crippen LogP contribution in [-0.2, 0) is 0 Å². The monoisotopic (exact) mass is 328 g/mol. The zero-order chi connectivity index (χ0) is 16.3. The van der Waals surface area contributed by atoms with Crippen molar-refractivity contribution in [2.45, 2.75) is 37.5 Å². The van der Waals surface area contributed by atoms with E-state index in [1.165, 1.54) is 0 Å². The first kappa shape index (κ1) is 16.8. The van der Waals surface area contributed by atoms with Crippen LogP contribution in [0.5, 0.6) is 0 Å². The number of hydrogen-bond donors (Lipinski definition) is 2. The first-order chi connectivity index (χ1) is 10.4. The van der Waals surface area contributed by atoms with Gasteiger partial charge in [0.15, 0.2) is 0 Å². The van der Waals surface area contributed by atoms with E-state index >= 15 is 0 Å². The summed E-state index contributed by atoms with van der Waals surface area (Å²) < 4.78 is 0. The number of hydrogen-bond acceptors (Lipinski definition) is 4. The van der Waals surface area contributed by atoms with Crippen molar-refractivity contribution >= 4 is 48.1 Å². The topological polar surface area (TPSA) is 24.7 Å². The number of rotatable bonds is 3. The van der Waals surface area contributed by atoms with Gasteiger partial charge in [-0.1, -0.05) is 12.1 Å². The summed E-state index contributed by atoms with van der Waals surface area (Å²) >= 11 is 9.07. The average molecular weight is 329 g/mol. The fourth-order valence-corrected chi connectivity index (χ4v) is 2.60. The lowest BCUT2D eigenvalue weighted by Gasteiger charge is -2.08. The molecule has 2 rings (SSSR count). The minimum Gasteiger partial charge on any atom is -0.257 e. The van der Waals surface area contributed by atoms with Gasteiger partial charge in [0.1, 0.15) is 0 Å². The van der Waals surface area contributed by atoms with E-state index in [4.69, 9.17) is 0 Å². The molecule has 0 amide bonds. The average Bonchev–Trinajstić information content (AvgIpc) is 2.42. The van der Waals surface area contributed by atoms with E-state index in [9.17, 15) is 0 Å². The molecular formula is C18H20N2S2. The number of nitrogens with zero attached hydrogens (tertiary/aromatic N) is 2. The number of thiol groups is 2. The second-order valence-corrected chi connectivity index (χ2v) is 6.49. The Morgan fingerprint density at radius 2 is 1.05 bits per heavy atom. The molecule has 0 fully saturated rings. The van der Waals surface area contributed by atoms with Crippen molar-refractivity contribution in [1.82, 2.24) is 0 Å². The van der Waals surface area contributed by atoms with Crippen LogP contribution in [0.3, 0.4) is 0 Å². The Morgan fingerprint density at radius 1 is 0.682 bits per heavy atom. The lowest BCUT2D eigenvalue weighted by molar-refractivity contribution is 1.34. The molecule has 0 saturated heterocycles. The summed E-state index contributed by atoms with van der Waals surface area (Å²) in [4.78, 5) is 10.7. The lowest BCUT2D eigenvalue weighted by atomic mass is 10.0. The van der Waals surface area contributed by atoms with Crippen LogP contribution in [0, 0.1) is 0 Å². The van der Waals surface area contributed by atoms with Crippen LogP contribution in [-0.4, -0.2) is 11.4 Å². The Kier molecular flexibility index (Phi) is 5.48. The molecule has 0 bridgehead atoms. The van der Waals surface area contributed by atoms with Crippen LogP contribution in [0.15, 0.2) is 56.2 Å². The van der Waals surface area contributed by atoms with Gasteiger partial charge in [0.2, 0.25) is 0 Å². The maximum Gasteiger partial charge on any atom is 0.0762 e. The molecule has 2 aromatic rings. The van der Waals surface area contributed by atoms with E-state index in [1.807, 2.05) is 52.0 Å². The Morgan fingerprint density at radius 3 is 1.32 bits per heavy atom. The molecule has 0 aliphatic heterocycles. The third kappa shape index (κ3) is 4.24. The second-order valence-electron chi connectivity index (χ2n) is 5.53. The highest BCUT2D eigenvalue weighted by Crippen LogP contribution is 2.33. The molecule has 0 heterocycles. The highest BCUT2D eigenvalue weighted by Gasteiger charge is 2.05. The van der Waals surface area contributed by atoms with Gasteiger partial charge in [-0.25, -0.2) is 0 Å². The maximum absolute atomic E-state index is 4.54. The summed E-state index contributed by atoms with van der Waals surface area (Å²) in [5.74, 6) is 0. The molecule has 0 N–H and O–H groups in total. The Balaban J connectivity index is 2.41. The van der Waals surface area contributed by atoms with Crippen LogP contribution in [0.25, 0.3) is 11.1 Å². The third-order valence-corrected chi connectivity index (χ3v) is 3.69. The number of aliphatic imine (C=N–C) groups is 2. The molecule has 2 nitrogen and oxygen atoms in total. The van der Waals surface area contributed by atoms with Crippen molar-refractivity contribution in [3.63, 3.8) is 0 Å². The van der Waals surface area contributed by atoms with Crippen molar-refractivity contribution in [3.8, 4) is 11.1 Å². The molecule has 22 heavy (non-hydrogen) atoms. The van der Waals surface area contributed by atoms with Gasteiger partial charge in [0.25, 0.3) is 0 Å². The summed E-state index contributed by atoms with van der Waals surface area (Å²) in [6.07, 6.45) is 0. The largest absolute Gasteiger partial charge is 0.257 e. The van der Waals surface area contributed by atoms with Gasteiger partial charge in [0, 0.05) is 21.2 Å². The van der Waals surface area contributed by atoms with Crippen LogP contribution in [0.1, 0.15) is 27.7 Å². The van der Waals surface area contributed by atoms with E-state index in [1.54, 1.807) is 0 Å². The first-order valence-corrected chi connectivity index (χ1v) is 7.96. The van der Waals surface area contributed by atoms with Crippen molar-refractivity contribution in [2.24, 2.45) is 9.98 Å². The zero-order valence-corrected chi connectivity index (χ0v) is 15.0. The SMILES string of the molecule is CC(C)=Nc1ccc(-c2ccc(N=C(C)C)c(S)c2)cc1S. The molecule has 0 unspecified atom stereocenters. The van der Waals surface area contributed by atoms with Crippen LogP contribution in [0.2, 0.25) is 0 Å². The van der Waals surface area contributed by atoms with E-state index in [2.05, 4.69) is 47.4 Å². The minimum atomic E-state index is 0.867. The van der Waals surface area contributed by atoms with Crippen LogP contribution in [0.4, 0.5) is 11.4 Å². The van der Waals surface area contributed by atoms with E-state index in [0.717, 1.165) is 43.7 Å². The van der Waals surface area contributed by atoms with Crippen molar-refractivity contribution in [1.29, 1.82) is 0 Å². The smallest absolute Gasteiger partial charge is 0.0762 e. The maximum atomic E-state index is 4.54. The molecule has 4 heteroatoms. The second kappa shape index (κ2) is 7.16. The Labute approximate surface area is 143 Å². The number of benzene rings is 2. The predicted molar refractivity (Wildman–Crippen MR) is 103 cm³/mol. The Bertz CT molecular complexity index is 688. The fourth-order valence-electron chi connectivity index (χ4n) is 2.08. The van der Waals surface area contributed by atoms with Crippen LogP contribution < -0.4 is 0 Å². The van der Waals surface area contributed by atoms with Gasteiger partial charge in [0.05, 0.1) is 11.4 Å². The Hall–Kier alpha value is -1.52. The predicted octanol–water partition coefficient (Wildman–Crippen LogP) is 6.16. The first-order valence-electron chi connectivity index (χ1n) is 7.07. The molecule has 2 aromatic carbocycles. The lowest BCUT2D eigenvalue weighted by Crippen LogP contribution is -1.84. The highest BCUT2D eigenvalue weighted by atomic mass is 32.1. The molecule has 0 radical (unpaired) electrons. The highest BCUT2D eigenvalue weighted by molar-refractivity contribution is 7.80. The molecule has 0 aromatic heterocycles. The molecule has 0 aliphatic rings. The summed E-state index contributed by atoms with van der Waals surface area (Å²) in [5, 5.41) is 0. The summed E-state index contributed by atoms with van der Waals surface area (Å²) in [6, 6.07) is 12.1.